The first kappa shape index (κ1) is 16.3. The average molecular weight is 357 g/mol. The highest BCUT2D eigenvalue weighted by atomic mass is 35.5. The second kappa shape index (κ2) is 6.28. The lowest BCUT2D eigenvalue weighted by Gasteiger charge is -2.27. The Hall–Kier alpha value is -2.17. The van der Waals surface area contributed by atoms with Gasteiger partial charge in [0, 0.05) is 33.7 Å². The zero-order valence-electron chi connectivity index (χ0n) is 14.6. The Labute approximate surface area is 152 Å². The fourth-order valence-electron chi connectivity index (χ4n) is 3.77. The first-order chi connectivity index (χ1) is 12.1. The molecule has 0 saturated carbocycles. The number of aromatic amines is 1. The van der Waals surface area contributed by atoms with Crippen LogP contribution in [0.15, 0.2) is 30.3 Å². The Morgan fingerprint density at radius 3 is 2.64 bits per heavy atom. The van der Waals surface area contributed by atoms with Crippen molar-refractivity contribution in [3.05, 3.63) is 57.7 Å². The maximum absolute atomic E-state index is 6.21. The first-order valence-electron chi connectivity index (χ1n) is 8.38. The molecule has 0 radical (unpaired) electrons. The molecule has 1 aliphatic rings. The van der Waals surface area contributed by atoms with Crippen molar-refractivity contribution < 1.29 is 9.47 Å². The van der Waals surface area contributed by atoms with E-state index in [1.807, 2.05) is 31.2 Å². The molecule has 0 amide bonds. The summed E-state index contributed by atoms with van der Waals surface area (Å²) >= 11 is 6.21. The lowest BCUT2D eigenvalue weighted by atomic mass is 9.93. The molecule has 0 fully saturated rings. The van der Waals surface area contributed by atoms with Crippen LogP contribution in [0.5, 0.6) is 11.5 Å². The Kier molecular flexibility index (Phi) is 4.10. The lowest BCUT2D eigenvalue weighted by molar-refractivity contribution is 0.390. The highest BCUT2D eigenvalue weighted by Gasteiger charge is 2.28. The molecule has 3 aromatic rings. The number of rotatable bonds is 3. The number of halogens is 1. The molecule has 1 aliphatic heterocycles. The molecule has 0 spiro atoms. The van der Waals surface area contributed by atoms with E-state index >= 15 is 0 Å². The number of aryl methyl sites for hydroxylation is 1. The first-order valence-corrected chi connectivity index (χ1v) is 8.76. The molecule has 0 saturated heterocycles. The molecular formula is C20H21ClN2O2. The molecule has 130 valence electrons. The summed E-state index contributed by atoms with van der Waals surface area (Å²) < 4.78 is 11.2. The zero-order chi connectivity index (χ0) is 17.6. The summed E-state index contributed by atoms with van der Waals surface area (Å²) in [7, 11) is 3.41. The van der Waals surface area contributed by atoms with Crippen molar-refractivity contribution in [2.24, 2.45) is 0 Å². The molecule has 1 unspecified atom stereocenters. The minimum Gasteiger partial charge on any atom is -0.496 e. The smallest absolute Gasteiger partial charge is 0.124 e. The van der Waals surface area contributed by atoms with E-state index in [0.717, 1.165) is 46.1 Å². The predicted octanol–water partition coefficient (Wildman–Crippen LogP) is 4.38. The number of nitrogens with one attached hydrogen (secondary N) is 2. The summed E-state index contributed by atoms with van der Waals surface area (Å²) in [5.41, 5.74) is 5.74. The van der Waals surface area contributed by atoms with Crippen LogP contribution < -0.4 is 14.8 Å². The molecule has 4 rings (SSSR count). The Morgan fingerprint density at radius 2 is 1.88 bits per heavy atom. The van der Waals surface area contributed by atoms with Crippen LogP contribution in [-0.2, 0) is 6.42 Å². The fraction of sp³-hybridized carbons (Fsp3) is 0.300. The number of aromatic nitrogens is 1. The van der Waals surface area contributed by atoms with Gasteiger partial charge in [0.2, 0.25) is 0 Å². The van der Waals surface area contributed by atoms with Gasteiger partial charge in [-0.05, 0) is 54.8 Å². The summed E-state index contributed by atoms with van der Waals surface area (Å²) in [6.07, 6.45) is 0.970. The summed E-state index contributed by atoms with van der Waals surface area (Å²) in [5, 5.41) is 5.58. The Morgan fingerprint density at radius 1 is 1.08 bits per heavy atom. The van der Waals surface area contributed by atoms with Crippen LogP contribution in [0.3, 0.4) is 0 Å². The number of hydrogen-bond acceptors (Lipinski definition) is 3. The number of H-pyrrole nitrogens is 1. The molecule has 0 aliphatic carbocycles. The third-order valence-corrected chi connectivity index (χ3v) is 5.21. The van der Waals surface area contributed by atoms with Gasteiger partial charge in [0.15, 0.2) is 0 Å². The van der Waals surface area contributed by atoms with Crippen LogP contribution in [0.2, 0.25) is 5.02 Å². The summed E-state index contributed by atoms with van der Waals surface area (Å²) in [4.78, 5) is 3.58. The third kappa shape index (κ3) is 2.66. The van der Waals surface area contributed by atoms with Gasteiger partial charge in [-0.15, -0.1) is 0 Å². The van der Waals surface area contributed by atoms with Crippen LogP contribution in [0.1, 0.15) is 28.4 Å². The predicted molar refractivity (Wildman–Crippen MR) is 101 cm³/mol. The van der Waals surface area contributed by atoms with E-state index in [1.54, 1.807) is 14.2 Å². The van der Waals surface area contributed by atoms with E-state index < -0.39 is 0 Å². The Balaban J connectivity index is 1.90. The van der Waals surface area contributed by atoms with Crippen molar-refractivity contribution >= 4 is 22.5 Å². The van der Waals surface area contributed by atoms with Crippen molar-refractivity contribution in [2.75, 3.05) is 20.8 Å². The van der Waals surface area contributed by atoms with Gasteiger partial charge in [-0.25, -0.2) is 0 Å². The molecule has 0 bridgehead atoms. The highest BCUT2D eigenvalue weighted by molar-refractivity contribution is 6.31. The standard InChI is InChI=1S/C20H21ClN2O2/c1-11-8-18(25-3)15(10-17(11)24-2)19-20-13(6-7-22-19)14-9-12(21)4-5-16(14)23-20/h4-5,8-10,19,22-23H,6-7H2,1-3H3. The minimum atomic E-state index is 0.0272. The fourth-order valence-corrected chi connectivity index (χ4v) is 3.94. The van der Waals surface area contributed by atoms with Crippen LogP contribution in [0.25, 0.3) is 10.9 Å². The van der Waals surface area contributed by atoms with Crippen molar-refractivity contribution in [3.8, 4) is 11.5 Å². The molecule has 4 nitrogen and oxygen atoms in total. The van der Waals surface area contributed by atoms with Crippen molar-refractivity contribution in [3.63, 3.8) is 0 Å². The summed E-state index contributed by atoms with van der Waals surface area (Å²) in [6.45, 7) is 2.92. The molecular weight excluding hydrogens is 336 g/mol. The van der Waals surface area contributed by atoms with Gasteiger partial charge in [-0.1, -0.05) is 11.6 Å². The second-order valence-corrected chi connectivity index (χ2v) is 6.84. The van der Waals surface area contributed by atoms with Gasteiger partial charge in [-0.3, -0.25) is 0 Å². The van der Waals surface area contributed by atoms with Gasteiger partial charge < -0.3 is 19.8 Å². The Bertz CT molecular complexity index is 949. The molecule has 25 heavy (non-hydrogen) atoms. The minimum absolute atomic E-state index is 0.0272. The zero-order valence-corrected chi connectivity index (χ0v) is 15.3. The maximum Gasteiger partial charge on any atom is 0.124 e. The number of hydrogen-bond donors (Lipinski definition) is 2. The highest BCUT2D eigenvalue weighted by Crippen LogP contribution is 2.40. The molecule has 2 N–H and O–H groups in total. The van der Waals surface area contributed by atoms with E-state index in [0.29, 0.717) is 0 Å². The van der Waals surface area contributed by atoms with Gasteiger partial charge in [-0.2, -0.15) is 0 Å². The van der Waals surface area contributed by atoms with Crippen molar-refractivity contribution in [1.82, 2.24) is 10.3 Å². The normalized spacial score (nSPS) is 16.7. The monoisotopic (exact) mass is 356 g/mol. The quantitative estimate of drug-likeness (QED) is 0.732. The summed E-state index contributed by atoms with van der Waals surface area (Å²) in [6, 6.07) is 10.1. The maximum atomic E-state index is 6.21. The molecule has 2 heterocycles. The number of ether oxygens (including phenoxy) is 2. The average Bonchev–Trinajstić information content (AvgIpc) is 2.99. The van der Waals surface area contributed by atoms with Crippen molar-refractivity contribution in [2.45, 2.75) is 19.4 Å². The number of methoxy groups -OCH3 is 2. The number of fused-ring (bicyclic) bond motifs is 3. The van der Waals surface area contributed by atoms with Crippen LogP contribution >= 0.6 is 11.6 Å². The SMILES string of the molecule is COc1cc(C2NCCc3c2[nH]c2ccc(Cl)cc32)c(OC)cc1C. The second-order valence-electron chi connectivity index (χ2n) is 6.41. The van der Waals surface area contributed by atoms with Gasteiger partial charge in [0.05, 0.1) is 20.3 Å². The molecule has 1 aromatic heterocycles. The van der Waals surface area contributed by atoms with E-state index in [9.17, 15) is 0 Å². The van der Waals surface area contributed by atoms with Crippen LogP contribution in [-0.4, -0.2) is 25.7 Å². The van der Waals surface area contributed by atoms with Crippen molar-refractivity contribution in [1.29, 1.82) is 0 Å². The number of benzene rings is 2. The lowest BCUT2D eigenvalue weighted by Crippen LogP contribution is -2.30. The van der Waals surface area contributed by atoms with E-state index in [2.05, 4.69) is 16.4 Å². The third-order valence-electron chi connectivity index (χ3n) is 4.97. The van der Waals surface area contributed by atoms with Gasteiger partial charge >= 0.3 is 0 Å². The molecule has 1 atom stereocenters. The van der Waals surface area contributed by atoms with Gasteiger partial charge in [0.25, 0.3) is 0 Å². The van der Waals surface area contributed by atoms with E-state index in [-0.39, 0.29) is 6.04 Å². The van der Waals surface area contributed by atoms with E-state index in [4.69, 9.17) is 21.1 Å². The largest absolute Gasteiger partial charge is 0.496 e. The van der Waals surface area contributed by atoms with Crippen LogP contribution in [0, 0.1) is 6.92 Å². The van der Waals surface area contributed by atoms with E-state index in [1.165, 1.54) is 16.6 Å². The van der Waals surface area contributed by atoms with Crippen LogP contribution in [0.4, 0.5) is 0 Å². The topological polar surface area (TPSA) is 46.3 Å². The molecule has 5 heteroatoms. The summed E-state index contributed by atoms with van der Waals surface area (Å²) in [5.74, 6) is 1.73. The van der Waals surface area contributed by atoms with Gasteiger partial charge in [0.1, 0.15) is 11.5 Å². The molecule has 2 aromatic carbocycles.